The van der Waals surface area contributed by atoms with E-state index in [1.54, 1.807) is 11.0 Å². The summed E-state index contributed by atoms with van der Waals surface area (Å²) >= 11 is 5.88. The molecule has 0 bridgehead atoms. The average molecular weight is 377 g/mol. The van der Waals surface area contributed by atoms with Gasteiger partial charge >= 0.3 is 0 Å². The Labute approximate surface area is 149 Å². The maximum Gasteiger partial charge on any atom is 0.244 e. The third-order valence-corrected chi connectivity index (χ3v) is 5.23. The number of hydrogen-bond acceptors (Lipinski definition) is 4. The zero-order chi connectivity index (χ0) is 18.3. The molecule has 0 fully saturated rings. The first-order valence-corrected chi connectivity index (χ1v) is 9.62. The highest BCUT2D eigenvalue weighted by Gasteiger charge is 2.20. The van der Waals surface area contributed by atoms with Crippen molar-refractivity contribution in [1.29, 1.82) is 0 Å². The standard InChI is InChI=1S/C16H25ClN2O4S/c1-12(2)7-9-19(13(3)20)10-8-18-24(21,22)16-11-14(17)5-6-15(16)23-4/h5-6,11-12,18H,7-10H2,1-4H3. The fraction of sp³-hybridized carbons (Fsp3) is 0.562. The second kappa shape index (κ2) is 9.25. The summed E-state index contributed by atoms with van der Waals surface area (Å²) < 4.78 is 32.4. The number of benzene rings is 1. The summed E-state index contributed by atoms with van der Waals surface area (Å²) in [5, 5.41) is 0.304. The number of carbonyl (C=O) groups excluding carboxylic acids is 1. The smallest absolute Gasteiger partial charge is 0.244 e. The Balaban J connectivity index is 2.74. The van der Waals surface area contributed by atoms with Gasteiger partial charge in [0.05, 0.1) is 7.11 Å². The molecular formula is C16H25ClN2O4S. The van der Waals surface area contributed by atoms with Crippen molar-refractivity contribution in [3.63, 3.8) is 0 Å². The number of hydrogen-bond donors (Lipinski definition) is 1. The molecule has 0 saturated carbocycles. The summed E-state index contributed by atoms with van der Waals surface area (Å²) in [5.41, 5.74) is 0. The van der Waals surface area contributed by atoms with Gasteiger partial charge in [0.25, 0.3) is 0 Å². The predicted octanol–water partition coefficient (Wildman–Crippen LogP) is 2.52. The molecule has 136 valence electrons. The van der Waals surface area contributed by atoms with E-state index in [1.165, 1.54) is 26.2 Å². The average Bonchev–Trinajstić information content (AvgIpc) is 2.49. The summed E-state index contributed by atoms with van der Waals surface area (Å²) in [6, 6.07) is 4.40. The lowest BCUT2D eigenvalue weighted by Gasteiger charge is -2.22. The Kier molecular flexibility index (Phi) is 7.99. The van der Waals surface area contributed by atoms with Crippen molar-refractivity contribution in [2.24, 2.45) is 5.92 Å². The van der Waals surface area contributed by atoms with Crippen LogP contribution in [-0.4, -0.2) is 46.0 Å². The van der Waals surface area contributed by atoms with Crippen molar-refractivity contribution >= 4 is 27.5 Å². The molecule has 0 atom stereocenters. The Morgan fingerprint density at radius 1 is 1.33 bits per heavy atom. The van der Waals surface area contributed by atoms with Gasteiger partial charge in [-0.1, -0.05) is 25.4 Å². The molecule has 0 spiro atoms. The molecule has 1 rings (SSSR count). The Bertz CT molecular complexity index is 662. The van der Waals surface area contributed by atoms with Gasteiger partial charge in [0, 0.05) is 31.6 Å². The summed E-state index contributed by atoms with van der Waals surface area (Å²) in [7, 11) is -2.38. The van der Waals surface area contributed by atoms with E-state index in [-0.39, 0.29) is 23.1 Å². The van der Waals surface area contributed by atoms with Crippen molar-refractivity contribution in [3.8, 4) is 5.75 Å². The number of methoxy groups -OCH3 is 1. The summed E-state index contributed by atoms with van der Waals surface area (Å²) in [6.45, 7) is 6.67. The first-order chi connectivity index (χ1) is 11.2. The lowest BCUT2D eigenvalue weighted by Crippen LogP contribution is -2.38. The molecule has 1 aromatic rings. The van der Waals surface area contributed by atoms with E-state index in [0.717, 1.165) is 6.42 Å². The van der Waals surface area contributed by atoms with Crippen molar-refractivity contribution in [2.45, 2.75) is 32.1 Å². The lowest BCUT2D eigenvalue weighted by molar-refractivity contribution is -0.128. The van der Waals surface area contributed by atoms with Crippen LogP contribution in [0.2, 0.25) is 5.02 Å². The van der Waals surface area contributed by atoms with Gasteiger partial charge in [-0.15, -0.1) is 0 Å². The fourth-order valence-electron chi connectivity index (χ4n) is 2.09. The van der Waals surface area contributed by atoms with Gasteiger partial charge in [0.15, 0.2) is 0 Å². The maximum absolute atomic E-state index is 12.4. The van der Waals surface area contributed by atoms with E-state index < -0.39 is 10.0 Å². The quantitative estimate of drug-likeness (QED) is 0.718. The molecule has 1 aromatic carbocycles. The van der Waals surface area contributed by atoms with Crippen LogP contribution in [-0.2, 0) is 14.8 Å². The number of carbonyl (C=O) groups is 1. The topological polar surface area (TPSA) is 75.7 Å². The van der Waals surface area contributed by atoms with Crippen molar-refractivity contribution < 1.29 is 17.9 Å². The summed E-state index contributed by atoms with van der Waals surface area (Å²) in [5.74, 6) is 0.615. The van der Waals surface area contributed by atoms with E-state index in [1.807, 2.05) is 0 Å². The minimum Gasteiger partial charge on any atom is -0.495 e. The molecule has 0 radical (unpaired) electrons. The third-order valence-electron chi connectivity index (χ3n) is 3.51. The Morgan fingerprint density at radius 3 is 2.54 bits per heavy atom. The van der Waals surface area contributed by atoms with Gasteiger partial charge in [-0.25, -0.2) is 13.1 Å². The Morgan fingerprint density at radius 2 is 2.00 bits per heavy atom. The van der Waals surface area contributed by atoms with E-state index in [0.29, 0.717) is 24.0 Å². The number of sulfonamides is 1. The highest BCUT2D eigenvalue weighted by atomic mass is 35.5. The number of nitrogens with one attached hydrogen (secondary N) is 1. The van der Waals surface area contributed by atoms with Gasteiger partial charge in [-0.2, -0.15) is 0 Å². The van der Waals surface area contributed by atoms with Crippen LogP contribution in [0.15, 0.2) is 23.1 Å². The fourth-order valence-corrected chi connectivity index (χ4v) is 3.54. The number of ether oxygens (including phenoxy) is 1. The molecule has 0 unspecified atom stereocenters. The molecule has 8 heteroatoms. The first-order valence-electron chi connectivity index (χ1n) is 7.76. The molecule has 0 saturated heterocycles. The predicted molar refractivity (Wildman–Crippen MR) is 94.9 cm³/mol. The van der Waals surface area contributed by atoms with Crippen molar-refractivity contribution in [1.82, 2.24) is 9.62 Å². The number of nitrogens with zero attached hydrogens (tertiary/aromatic N) is 1. The van der Waals surface area contributed by atoms with E-state index in [2.05, 4.69) is 18.6 Å². The molecule has 0 aliphatic carbocycles. The monoisotopic (exact) mass is 376 g/mol. The molecule has 1 amide bonds. The maximum atomic E-state index is 12.4. The lowest BCUT2D eigenvalue weighted by atomic mass is 10.1. The van der Waals surface area contributed by atoms with E-state index in [9.17, 15) is 13.2 Å². The zero-order valence-corrected chi connectivity index (χ0v) is 16.1. The molecule has 0 aromatic heterocycles. The molecular weight excluding hydrogens is 352 g/mol. The molecule has 6 nitrogen and oxygen atoms in total. The van der Waals surface area contributed by atoms with Crippen LogP contribution < -0.4 is 9.46 Å². The SMILES string of the molecule is COc1ccc(Cl)cc1S(=O)(=O)NCCN(CCC(C)C)C(C)=O. The Hall–Kier alpha value is -1.31. The zero-order valence-electron chi connectivity index (χ0n) is 14.5. The molecule has 1 N–H and O–H groups in total. The van der Waals surface area contributed by atoms with Crippen LogP contribution in [0.4, 0.5) is 0 Å². The number of amides is 1. The minimum absolute atomic E-state index is 0.0194. The van der Waals surface area contributed by atoms with Crippen LogP contribution in [0.1, 0.15) is 27.2 Å². The van der Waals surface area contributed by atoms with E-state index in [4.69, 9.17) is 16.3 Å². The third kappa shape index (κ3) is 6.30. The second-order valence-corrected chi connectivity index (χ2v) is 8.05. The van der Waals surface area contributed by atoms with Crippen LogP contribution in [0.25, 0.3) is 0 Å². The molecule has 0 aliphatic heterocycles. The number of halogens is 1. The van der Waals surface area contributed by atoms with Gasteiger partial charge in [-0.3, -0.25) is 4.79 Å². The highest BCUT2D eigenvalue weighted by Crippen LogP contribution is 2.26. The van der Waals surface area contributed by atoms with Gasteiger partial charge in [0.2, 0.25) is 15.9 Å². The molecule has 24 heavy (non-hydrogen) atoms. The van der Waals surface area contributed by atoms with Crippen LogP contribution in [0.3, 0.4) is 0 Å². The summed E-state index contributed by atoms with van der Waals surface area (Å²) in [4.78, 5) is 13.3. The van der Waals surface area contributed by atoms with Crippen LogP contribution in [0.5, 0.6) is 5.75 Å². The van der Waals surface area contributed by atoms with Crippen LogP contribution in [0, 0.1) is 5.92 Å². The van der Waals surface area contributed by atoms with Crippen LogP contribution >= 0.6 is 11.6 Å². The highest BCUT2D eigenvalue weighted by molar-refractivity contribution is 7.89. The molecule has 0 heterocycles. The normalized spacial score (nSPS) is 11.6. The van der Waals surface area contributed by atoms with Crippen molar-refractivity contribution in [3.05, 3.63) is 23.2 Å². The number of rotatable bonds is 9. The first kappa shape index (κ1) is 20.7. The van der Waals surface area contributed by atoms with E-state index >= 15 is 0 Å². The van der Waals surface area contributed by atoms with Gasteiger partial charge < -0.3 is 9.64 Å². The second-order valence-electron chi connectivity index (χ2n) is 5.88. The van der Waals surface area contributed by atoms with Gasteiger partial charge in [-0.05, 0) is 30.5 Å². The summed E-state index contributed by atoms with van der Waals surface area (Å²) in [6.07, 6.45) is 0.869. The molecule has 0 aliphatic rings. The minimum atomic E-state index is -3.78. The van der Waals surface area contributed by atoms with Gasteiger partial charge in [0.1, 0.15) is 10.6 Å². The van der Waals surface area contributed by atoms with Crippen molar-refractivity contribution in [2.75, 3.05) is 26.7 Å². The largest absolute Gasteiger partial charge is 0.495 e.